The number of benzene rings is 3. The number of hydrogen-bond acceptors (Lipinski definition) is 4. The number of nitrogens with zero attached hydrogens (tertiary/aromatic N) is 2. The average Bonchev–Trinajstić information content (AvgIpc) is 2.89. The Morgan fingerprint density at radius 1 is 0.921 bits per heavy atom. The van der Waals surface area contributed by atoms with Crippen molar-refractivity contribution in [1.29, 1.82) is 0 Å². The average molecular weight is 577 g/mol. The molecule has 1 unspecified atom stereocenters. The van der Waals surface area contributed by atoms with Gasteiger partial charge in [-0.1, -0.05) is 60.5 Å². The van der Waals surface area contributed by atoms with Crippen LogP contribution in [0, 0.1) is 6.92 Å². The molecule has 0 saturated carbocycles. The van der Waals surface area contributed by atoms with E-state index >= 15 is 0 Å². The van der Waals surface area contributed by atoms with E-state index in [4.69, 9.17) is 23.2 Å². The molecule has 38 heavy (non-hydrogen) atoms. The highest BCUT2D eigenvalue weighted by Crippen LogP contribution is 2.29. The van der Waals surface area contributed by atoms with Crippen LogP contribution in [0.2, 0.25) is 10.0 Å². The smallest absolute Gasteiger partial charge is 0.264 e. The fraction of sp³-hybridized carbons (Fsp3) is 0.286. The first-order valence-corrected chi connectivity index (χ1v) is 14.4. The summed E-state index contributed by atoms with van der Waals surface area (Å²) in [5.74, 6) is -0.829. The van der Waals surface area contributed by atoms with Gasteiger partial charge in [-0.05, 0) is 73.9 Å². The number of nitrogens with one attached hydrogen (secondary N) is 1. The van der Waals surface area contributed by atoms with Crippen molar-refractivity contribution in [3.63, 3.8) is 0 Å². The third kappa shape index (κ3) is 7.07. The zero-order valence-electron chi connectivity index (χ0n) is 21.5. The van der Waals surface area contributed by atoms with E-state index in [-0.39, 0.29) is 17.3 Å². The van der Waals surface area contributed by atoms with Gasteiger partial charge in [-0.25, -0.2) is 8.42 Å². The van der Waals surface area contributed by atoms with Crippen molar-refractivity contribution >= 4 is 50.7 Å². The number of aryl methyl sites for hydroxylation is 1. The molecular weight excluding hydrogens is 545 g/mol. The van der Waals surface area contributed by atoms with Crippen LogP contribution in [0.25, 0.3) is 0 Å². The van der Waals surface area contributed by atoms with Gasteiger partial charge in [0.05, 0.1) is 10.6 Å². The quantitative estimate of drug-likeness (QED) is 0.330. The van der Waals surface area contributed by atoms with Crippen molar-refractivity contribution in [2.75, 3.05) is 17.4 Å². The molecule has 10 heteroatoms. The van der Waals surface area contributed by atoms with E-state index in [0.717, 1.165) is 9.87 Å². The van der Waals surface area contributed by atoms with Crippen molar-refractivity contribution < 1.29 is 18.0 Å². The van der Waals surface area contributed by atoms with E-state index in [1.807, 2.05) is 6.92 Å². The maximum Gasteiger partial charge on any atom is 0.264 e. The highest BCUT2D eigenvalue weighted by atomic mass is 35.5. The molecule has 1 atom stereocenters. The molecule has 0 radical (unpaired) electrons. The second-order valence-corrected chi connectivity index (χ2v) is 11.5. The van der Waals surface area contributed by atoms with Crippen LogP contribution in [-0.4, -0.2) is 44.3 Å². The zero-order chi connectivity index (χ0) is 27.9. The molecule has 0 heterocycles. The summed E-state index contributed by atoms with van der Waals surface area (Å²) in [6.07, 6.45) is 0.344. The summed E-state index contributed by atoms with van der Waals surface area (Å²) in [5, 5.41) is 3.77. The largest absolute Gasteiger partial charge is 0.355 e. The molecule has 0 aromatic heterocycles. The van der Waals surface area contributed by atoms with E-state index in [2.05, 4.69) is 5.32 Å². The number of carbonyl (C=O) groups excluding carboxylic acids is 2. The fourth-order valence-electron chi connectivity index (χ4n) is 4.13. The number of anilines is 1. The summed E-state index contributed by atoms with van der Waals surface area (Å²) < 4.78 is 28.7. The van der Waals surface area contributed by atoms with E-state index in [9.17, 15) is 18.0 Å². The number of rotatable bonds is 11. The Morgan fingerprint density at radius 2 is 1.55 bits per heavy atom. The predicted octanol–water partition coefficient (Wildman–Crippen LogP) is 5.44. The Hall–Kier alpha value is -3.07. The lowest BCUT2D eigenvalue weighted by molar-refractivity contribution is -0.140. The minimum atomic E-state index is -4.13. The van der Waals surface area contributed by atoms with Gasteiger partial charge < -0.3 is 10.2 Å². The summed E-state index contributed by atoms with van der Waals surface area (Å²) in [7, 11) is -4.13. The normalized spacial score (nSPS) is 12.0. The van der Waals surface area contributed by atoms with Crippen molar-refractivity contribution in [3.05, 3.63) is 94.0 Å². The third-order valence-electron chi connectivity index (χ3n) is 6.04. The number of halogens is 2. The lowest BCUT2D eigenvalue weighted by Crippen LogP contribution is -2.52. The Kier molecular flexibility index (Phi) is 10.2. The summed E-state index contributed by atoms with van der Waals surface area (Å²) in [5.41, 5.74) is 1.67. The van der Waals surface area contributed by atoms with Crippen LogP contribution in [0.3, 0.4) is 0 Å². The molecular formula is C28H31Cl2N3O4S. The first-order valence-electron chi connectivity index (χ1n) is 12.2. The Morgan fingerprint density at radius 3 is 2.13 bits per heavy atom. The second-order valence-electron chi connectivity index (χ2n) is 8.72. The summed E-state index contributed by atoms with van der Waals surface area (Å²) in [6.45, 7) is 5.33. The Labute approximate surface area is 234 Å². The number of sulfonamides is 1. The van der Waals surface area contributed by atoms with Gasteiger partial charge in [-0.2, -0.15) is 0 Å². The number of amides is 2. The lowest BCUT2D eigenvalue weighted by Gasteiger charge is -2.33. The van der Waals surface area contributed by atoms with Crippen LogP contribution in [-0.2, 0) is 26.2 Å². The van der Waals surface area contributed by atoms with Gasteiger partial charge in [0.25, 0.3) is 10.0 Å². The minimum Gasteiger partial charge on any atom is -0.355 e. The van der Waals surface area contributed by atoms with Gasteiger partial charge in [-0.15, -0.1) is 0 Å². The molecule has 0 bridgehead atoms. The van der Waals surface area contributed by atoms with Crippen LogP contribution in [0.15, 0.2) is 77.7 Å². The molecule has 0 aliphatic rings. The van der Waals surface area contributed by atoms with Crippen LogP contribution >= 0.6 is 23.2 Å². The topological polar surface area (TPSA) is 86.8 Å². The van der Waals surface area contributed by atoms with Gasteiger partial charge in [0.2, 0.25) is 11.8 Å². The molecule has 7 nitrogen and oxygen atoms in total. The molecule has 0 fully saturated rings. The standard InChI is InChI=1S/C28H31Cl2N3O4S/c1-4-25(28(35)31-5-2)32(18-21-11-13-22(29)14-12-21)27(34)19-33(26-16-15-23(30)17-20(26)3)38(36,37)24-9-7-6-8-10-24/h6-17,25H,4-5,18-19H2,1-3H3,(H,31,35). The third-order valence-corrected chi connectivity index (χ3v) is 8.30. The molecule has 3 aromatic rings. The zero-order valence-corrected chi connectivity index (χ0v) is 23.9. The number of hydrogen-bond donors (Lipinski definition) is 1. The second kappa shape index (κ2) is 13.1. The highest BCUT2D eigenvalue weighted by molar-refractivity contribution is 7.92. The molecule has 202 valence electrons. The van der Waals surface area contributed by atoms with E-state index in [0.29, 0.717) is 34.3 Å². The minimum absolute atomic E-state index is 0.0437. The van der Waals surface area contributed by atoms with Crippen molar-refractivity contribution in [2.45, 2.75) is 44.7 Å². The van der Waals surface area contributed by atoms with E-state index < -0.39 is 28.5 Å². The van der Waals surface area contributed by atoms with Gasteiger partial charge in [0, 0.05) is 23.1 Å². The molecule has 2 amide bonds. The van der Waals surface area contributed by atoms with Crippen molar-refractivity contribution in [3.8, 4) is 0 Å². The molecule has 1 N–H and O–H groups in total. The van der Waals surface area contributed by atoms with Gasteiger partial charge in [0.1, 0.15) is 12.6 Å². The molecule has 0 saturated heterocycles. The summed E-state index contributed by atoms with van der Waals surface area (Å²) in [4.78, 5) is 28.4. The van der Waals surface area contributed by atoms with Crippen LogP contribution in [0.4, 0.5) is 5.69 Å². The molecule has 0 aliphatic carbocycles. The SMILES string of the molecule is CCNC(=O)C(CC)N(Cc1ccc(Cl)cc1)C(=O)CN(c1ccc(Cl)cc1C)S(=O)(=O)c1ccccc1. The van der Waals surface area contributed by atoms with Crippen LogP contribution in [0.5, 0.6) is 0 Å². The van der Waals surface area contributed by atoms with Crippen molar-refractivity contribution in [2.24, 2.45) is 0 Å². The number of likely N-dealkylation sites (N-methyl/N-ethyl adjacent to an activating group) is 1. The first kappa shape index (κ1) is 29.5. The van der Waals surface area contributed by atoms with Crippen molar-refractivity contribution in [1.82, 2.24) is 10.2 Å². The lowest BCUT2D eigenvalue weighted by atomic mass is 10.1. The van der Waals surface area contributed by atoms with Gasteiger partial charge in [-0.3, -0.25) is 13.9 Å². The molecule has 0 aliphatic heterocycles. The molecule has 0 spiro atoms. The Balaban J connectivity index is 2.08. The van der Waals surface area contributed by atoms with Crippen LogP contribution in [0.1, 0.15) is 31.4 Å². The first-order chi connectivity index (χ1) is 18.1. The molecule has 3 rings (SSSR count). The monoisotopic (exact) mass is 575 g/mol. The fourth-order valence-corrected chi connectivity index (χ4v) is 5.98. The summed E-state index contributed by atoms with van der Waals surface area (Å²) in [6, 6.07) is 18.9. The predicted molar refractivity (Wildman–Crippen MR) is 152 cm³/mol. The van der Waals surface area contributed by atoms with Gasteiger partial charge in [0.15, 0.2) is 0 Å². The highest BCUT2D eigenvalue weighted by Gasteiger charge is 2.34. The number of carbonyl (C=O) groups is 2. The van der Waals surface area contributed by atoms with E-state index in [1.54, 1.807) is 74.5 Å². The molecule has 3 aromatic carbocycles. The maximum absolute atomic E-state index is 14.0. The van der Waals surface area contributed by atoms with E-state index in [1.165, 1.54) is 17.0 Å². The summed E-state index contributed by atoms with van der Waals surface area (Å²) >= 11 is 12.2. The van der Waals surface area contributed by atoms with Gasteiger partial charge >= 0.3 is 0 Å². The Bertz CT molecular complexity index is 1370. The maximum atomic E-state index is 14.0. The van der Waals surface area contributed by atoms with Crippen LogP contribution < -0.4 is 9.62 Å².